The molecule has 5 nitrogen and oxygen atoms in total. The van der Waals surface area contributed by atoms with Crippen molar-refractivity contribution in [3.63, 3.8) is 0 Å². The van der Waals surface area contributed by atoms with Crippen molar-refractivity contribution in [1.82, 2.24) is 0 Å². The first-order chi connectivity index (χ1) is 14.5. The Morgan fingerprint density at radius 3 is 2.83 bits per heavy atom. The summed E-state index contributed by atoms with van der Waals surface area (Å²) in [7, 11) is 0. The molecular formula is C23H22ClFN2O3. The predicted molar refractivity (Wildman–Crippen MR) is 112 cm³/mol. The number of fused-ring (bicyclic) bond motifs is 1. The lowest BCUT2D eigenvalue weighted by Crippen LogP contribution is -2.31. The van der Waals surface area contributed by atoms with Crippen LogP contribution in [-0.2, 0) is 24.2 Å². The zero-order chi connectivity index (χ0) is 21.3. The average molecular weight is 429 g/mol. The summed E-state index contributed by atoms with van der Waals surface area (Å²) in [5.41, 5.74) is 3.37. The lowest BCUT2D eigenvalue weighted by atomic mass is 9.94. The highest BCUT2D eigenvalue weighted by Gasteiger charge is 2.25. The molecule has 1 aliphatic carbocycles. The normalized spacial score (nSPS) is 15.8. The molecule has 0 radical (unpaired) electrons. The molecule has 0 unspecified atom stereocenters. The zero-order valence-electron chi connectivity index (χ0n) is 16.5. The Labute approximate surface area is 179 Å². The molecule has 0 atom stereocenters. The Balaban J connectivity index is 1.60. The van der Waals surface area contributed by atoms with Crippen molar-refractivity contribution in [1.29, 1.82) is 5.26 Å². The van der Waals surface area contributed by atoms with Crippen LogP contribution >= 0.6 is 11.6 Å². The minimum absolute atomic E-state index is 0.0172. The summed E-state index contributed by atoms with van der Waals surface area (Å²) >= 11 is 6.55. The monoisotopic (exact) mass is 428 g/mol. The molecule has 156 valence electrons. The minimum Gasteiger partial charge on any atom is -0.490 e. The number of hydrogen-bond acceptors (Lipinski definition) is 4. The Bertz CT molecular complexity index is 1030. The molecule has 0 saturated heterocycles. The maximum atomic E-state index is 14.6. The van der Waals surface area contributed by atoms with Crippen LogP contribution < -0.4 is 9.64 Å². The van der Waals surface area contributed by atoms with Gasteiger partial charge in [0.25, 0.3) is 0 Å². The molecule has 2 aromatic carbocycles. The Morgan fingerprint density at radius 1 is 1.37 bits per heavy atom. The molecule has 1 N–H and O–H groups in total. The molecule has 7 heteroatoms. The van der Waals surface area contributed by atoms with E-state index >= 15 is 0 Å². The molecule has 1 heterocycles. The third kappa shape index (κ3) is 4.08. The van der Waals surface area contributed by atoms with E-state index in [1.165, 1.54) is 6.07 Å². The molecule has 4 rings (SSSR count). The third-order valence-corrected chi connectivity index (χ3v) is 6.34. The summed E-state index contributed by atoms with van der Waals surface area (Å²) < 4.78 is 20.5. The van der Waals surface area contributed by atoms with Crippen molar-refractivity contribution >= 4 is 23.3 Å². The summed E-state index contributed by atoms with van der Waals surface area (Å²) in [5, 5.41) is 19.0. The smallest absolute Gasteiger partial charge is 0.303 e. The molecule has 0 bridgehead atoms. The van der Waals surface area contributed by atoms with Gasteiger partial charge in [0, 0.05) is 36.7 Å². The highest BCUT2D eigenvalue weighted by molar-refractivity contribution is 6.32. The molecule has 0 aromatic heterocycles. The van der Waals surface area contributed by atoms with Crippen LogP contribution in [0, 0.1) is 17.1 Å². The number of carboxylic acids is 1. The molecule has 1 saturated carbocycles. The van der Waals surface area contributed by atoms with Gasteiger partial charge in [-0.05, 0) is 48.8 Å². The molecular weight excluding hydrogens is 407 g/mol. The molecule has 0 amide bonds. The van der Waals surface area contributed by atoms with Gasteiger partial charge in [0.1, 0.15) is 23.2 Å². The number of carbonyl (C=O) groups is 1. The van der Waals surface area contributed by atoms with E-state index in [2.05, 4.69) is 0 Å². The van der Waals surface area contributed by atoms with Gasteiger partial charge in [-0.3, -0.25) is 4.79 Å². The summed E-state index contributed by atoms with van der Waals surface area (Å²) in [4.78, 5) is 12.8. The first-order valence-electron chi connectivity index (χ1n) is 10.1. The van der Waals surface area contributed by atoms with Crippen LogP contribution in [0.4, 0.5) is 10.1 Å². The number of anilines is 1. The van der Waals surface area contributed by atoms with Crippen molar-refractivity contribution < 1.29 is 19.0 Å². The van der Waals surface area contributed by atoms with Gasteiger partial charge >= 0.3 is 5.97 Å². The number of nitrogens with zero attached hydrogens (tertiary/aromatic N) is 2. The summed E-state index contributed by atoms with van der Waals surface area (Å²) in [6, 6.07) is 8.84. The highest BCUT2D eigenvalue weighted by atomic mass is 35.5. The summed E-state index contributed by atoms with van der Waals surface area (Å²) in [5.74, 6) is -0.971. The van der Waals surface area contributed by atoms with Gasteiger partial charge in [-0.15, -0.1) is 0 Å². The van der Waals surface area contributed by atoms with Gasteiger partial charge in [-0.1, -0.05) is 23.7 Å². The number of rotatable bonds is 6. The van der Waals surface area contributed by atoms with E-state index in [1.54, 1.807) is 6.07 Å². The Kier molecular flexibility index (Phi) is 5.83. The van der Waals surface area contributed by atoms with Crippen LogP contribution in [0.15, 0.2) is 24.3 Å². The predicted octanol–water partition coefficient (Wildman–Crippen LogP) is 4.86. The molecule has 2 aromatic rings. The van der Waals surface area contributed by atoms with Gasteiger partial charge in [0.2, 0.25) is 0 Å². The number of aliphatic carboxylic acids is 1. The van der Waals surface area contributed by atoms with Crippen molar-refractivity contribution in [2.24, 2.45) is 0 Å². The van der Waals surface area contributed by atoms with E-state index in [-0.39, 0.29) is 18.1 Å². The van der Waals surface area contributed by atoms with E-state index in [1.807, 2.05) is 23.1 Å². The fourth-order valence-electron chi connectivity index (χ4n) is 3.98. The van der Waals surface area contributed by atoms with Crippen LogP contribution in [0.25, 0.3) is 0 Å². The Hall–Kier alpha value is -2.78. The van der Waals surface area contributed by atoms with Crippen LogP contribution in [-0.4, -0.2) is 23.7 Å². The fourth-order valence-corrected chi connectivity index (χ4v) is 4.35. The van der Waals surface area contributed by atoms with Crippen LogP contribution in [0.1, 0.15) is 47.9 Å². The highest BCUT2D eigenvalue weighted by Crippen LogP contribution is 2.36. The quantitative estimate of drug-likeness (QED) is 0.711. The van der Waals surface area contributed by atoms with Gasteiger partial charge in [0.05, 0.1) is 11.8 Å². The number of carboxylic acid groups (broad SMARTS) is 1. The number of halogens is 2. The van der Waals surface area contributed by atoms with Crippen molar-refractivity contribution in [2.45, 2.75) is 51.2 Å². The lowest BCUT2D eigenvalue weighted by Gasteiger charge is -2.33. The van der Waals surface area contributed by atoms with Crippen LogP contribution in [0.5, 0.6) is 5.75 Å². The van der Waals surface area contributed by atoms with E-state index < -0.39 is 11.8 Å². The Morgan fingerprint density at radius 2 is 2.17 bits per heavy atom. The molecule has 1 aliphatic heterocycles. The third-order valence-electron chi connectivity index (χ3n) is 5.87. The maximum Gasteiger partial charge on any atom is 0.303 e. The van der Waals surface area contributed by atoms with E-state index in [0.29, 0.717) is 42.4 Å². The molecule has 30 heavy (non-hydrogen) atoms. The largest absolute Gasteiger partial charge is 0.490 e. The minimum atomic E-state index is -0.856. The summed E-state index contributed by atoms with van der Waals surface area (Å²) in [6.45, 7) is 1.07. The number of nitriles is 1. The topological polar surface area (TPSA) is 73.6 Å². The van der Waals surface area contributed by atoms with Gasteiger partial charge < -0.3 is 14.7 Å². The molecule has 1 fully saturated rings. The van der Waals surface area contributed by atoms with Gasteiger partial charge in [0.15, 0.2) is 0 Å². The fraction of sp³-hybridized carbons (Fsp3) is 0.391. The number of aryl methyl sites for hydroxylation is 1. The van der Waals surface area contributed by atoms with Gasteiger partial charge in [-0.25, -0.2) is 4.39 Å². The SMILES string of the molecule is N#Cc1c(F)cc(OC2CCC2)cc1N1CCc2c(ccc(CCC(=O)O)c2Cl)C1. The van der Waals surface area contributed by atoms with Gasteiger partial charge in [-0.2, -0.15) is 5.26 Å². The maximum absolute atomic E-state index is 14.6. The second-order valence-corrected chi connectivity index (χ2v) is 8.20. The van der Waals surface area contributed by atoms with Crippen molar-refractivity contribution in [3.8, 4) is 11.8 Å². The molecule has 2 aliphatic rings. The number of ether oxygens (including phenoxy) is 1. The second-order valence-electron chi connectivity index (χ2n) is 7.82. The lowest BCUT2D eigenvalue weighted by molar-refractivity contribution is -0.136. The average Bonchev–Trinajstić information content (AvgIpc) is 2.69. The standard InChI is InChI=1S/C23H22ClFN2O3/c24-23-14(6-7-22(28)29)4-5-15-13-27(9-8-18(15)23)21-11-17(30-16-2-1-3-16)10-20(25)19(21)12-26/h4-5,10-11,16H,1-3,6-9,13H2,(H,28,29). The molecule has 0 spiro atoms. The van der Waals surface area contributed by atoms with E-state index in [0.717, 1.165) is 36.0 Å². The van der Waals surface area contributed by atoms with Crippen LogP contribution in [0.3, 0.4) is 0 Å². The second kappa shape index (κ2) is 8.53. The first kappa shape index (κ1) is 20.5. The van der Waals surface area contributed by atoms with Crippen LogP contribution in [0.2, 0.25) is 5.02 Å². The van der Waals surface area contributed by atoms with Crippen molar-refractivity contribution in [2.75, 3.05) is 11.4 Å². The van der Waals surface area contributed by atoms with Crippen molar-refractivity contribution in [3.05, 3.63) is 57.4 Å². The zero-order valence-corrected chi connectivity index (χ0v) is 17.2. The summed E-state index contributed by atoms with van der Waals surface area (Å²) in [6.07, 6.45) is 4.23. The number of hydrogen-bond donors (Lipinski definition) is 1. The number of benzene rings is 2. The van der Waals surface area contributed by atoms with E-state index in [4.69, 9.17) is 21.4 Å². The first-order valence-corrected chi connectivity index (χ1v) is 10.5. The van der Waals surface area contributed by atoms with E-state index in [9.17, 15) is 14.4 Å².